The second-order valence-electron chi connectivity index (χ2n) is 7.87. The number of piperazine rings is 1. The largest absolute Gasteiger partial charge is 0.462 e. The molecule has 4 rings (SSSR count). The molecular weight excluding hydrogens is 509 g/mol. The number of thiocarbonyl (C=S) groups is 1. The summed E-state index contributed by atoms with van der Waals surface area (Å²) in [6.07, 6.45) is 0. The van der Waals surface area contributed by atoms with Crippen molar-refractivity contribution in [1.82, 2.24) is 9.80 Å². The Morgan fingerprint density at radius 3 is 2.50 bits per heavy atom. The third kappa shape index (κ3) is 6.09. The predicted molar refractivity (Wildman–Crippen MR) is 145 cm³/mol. The highest BCUT2D eigenvalue weighted by atomic mass is 35.5. The highest BCUT2D eigenvalue weighted by Crippen LogP contribution is 2.36. The van der Waals surface area contributed by atoms with E-state index in [4.69, 9.17) is 40.2 Å². The summed E-state index contributed by atoms with van der Waals surface area (Å²) in [5.41, 5.74) is 2.61. The molecular formula is C25H25Cl2N3O2S2. The van der Waals surface area contributed by atoms with E-state index in [1.807, 2.05) is 48.5 Å². The minimum atomic E-state index is -0.351. The average molecular weight is 535 g/mol. The normalized spacial score (nSPS) is 14.1. The van der Waals surface area contributed by atoms with Crippen molar-refractivity contribution in [1.29, 1.82) is 0 Å². The summed E-state index contributed by atoms with van der Waals surface area (Å²) in [4.78, 5) is 18.1. The van der Waals surface area contributed by atoms with Gasteiger partial charge in [0.25, 0.3) is 0 Å². The Balaban J connectivity index is 1.41. The quantitative estimate of drug-likeness (QED) is 0.291. The van der Waals surface area contributed by atoms with Gasteiger partial charge in [-0.2, -0.15) is 0 Å². The summed E-state index contributed by atoms with van der Waals surface area (Å²) in [7, 11) is 0. The summed E-state index contributed by atoms with van der Waals surface area (Å²) in [5, 5.41) is 5.95. The topological polar surface area (TPSA) is 44.8 Å². The van der Waals surface area contributed by atoms with Gasteiger partial charge in [-0.15, -0.1) is 11.3 Å². The fraction of sp³-hybridized carbons (Fsp3) is 0.280. The van der Waals surface area contributed by atoms with Gasteiger partial charge in [0, 0.05) is 47.6 Å². The van der Waals surface area contributed by atoms with Gasteiger partial charge in [0.1, 0.15) is 5.00 Å². The number of nitrogens with zero attached hydrogens (tertiary/aromatic N) is 2. The average Bonchev–Trinajstić information content (AvgIpc) is 3.26. The molecule has 1 aromatic heterocycles. The minimum Gasteiger partial charge on any atom is -0.462 e. The van der Waals surface area contributed by atoms with Crippen LogP contribution >= 0.6 is 46.8 Å². The van der Waals surface area contributed by atoms with E-state index in [1.54, 1.807) is 13.0 Å². The number of esters is 1. The van der Waals surface area contributed by atoms with Gasteiger partial charge < -0.3 is 15.0 Å². The predicted octanol–water partition coefficient (Wildman–Crippen LogP) is 6.41. The third-order valence-electron chi connectivity index (χ3n) is 5.57. The smallest absolute Gasteiger partial charge is 0.341 e. The van der Waals surface area contributed by atoms with Crippen LogP contribution in [0.1, 0.15) is 22.8 Å². The number of thiophene rings is 1. The van der Waals surface area contributed by atoms with Crippen LogP contribution in [-0.4, -0.2) is 53.7 Å². The molecule has 0 aliphatic carbocycles. The summed E-state index contributed by atoms with van der Waals surface area (Å²) in [6, 6.07) is 17.5. The first-order valence-electron chi connectivity index (χ1n) is 11.0. The number of hydrogen-bond acceptors (Lipinski definition) is 5. The van der Waals surface area contributed by atoms with Crippen LogP contribution in [0.4, 0.5) is 5.00 Å². The van der Waals surface area contributed by atoms with Crippen LogP contribution in [0.25, 0.3) is 10.4 Å². The molecule has 1 aliphatic rings. The number of carbonyl (C=O) groups excluding carboxylic acids is 1. The van der Waals surface area contributed by atoms with Gasteiger partial charge >= 0.3 is 5.97 Å². The number of benzene rings is 2. The number of nitrogens with one attached hydrogen (secondary N) is 1. The Bertz CT molecular complexity index is 1160. The summed E-state index contributed by atoms with van der Waals surface area (Å²) >= 11 is 19.6. The van der Waals surface area contributed by atoms with Crippen molar-refractivity contribution >= 4 is 62.8 Å². The molecule has 0 radical (unpaired) electrons. The molecule has 1 saturated heterocycles. The van der Waals surface area contributed by atoms with Crippen molar-refractivity contribution < 1.29 is 9.53 Å². The number of halogens is 2. The molecule has 0 saturated carbocycles. The first-order chi connectivity index (χ1) is 16.4. The maximum absolute atomic E-state index is 12.6. The maximum atomic E-state index is 12.6. The van der Waals surface area contributed by atoms with E-state index in [9.17, 15) is 4.79 Å². The highest BCUT2D eigenvalue weighted by molar-refractivity contribution is 7.80. The highest BCUT2D eigenvalue weighted by Gasteiger charge is 2.23. The third-order valence-corrected chi connectivity index (χ3v) is 7.62. The molecule has 2 aromatic carbocycles. The molecule has 0 bridgehead atoms. The van der Waals surface area contributed by atoms with Crippen LogP contribution in [-0.2, 0) is 11.3 Å². The molecule has 34 heavy (non-hydrogen) atoms. The molecule has 5 nitrogen and oxygen atoms in total. The minimum absolute atomic E-state index is 0.318. The Labute approximate surface area is 219 Å². The van der Waals surface area contributed by atoms with Crippen LogP contribution in [0.15, 0.2) is 54.6 Å². The van der Waals surface area contributed by atoms with Crippen LogP contribution in [0, 0.1) is 0 Å². The second-order valence-corrected chi connectivity index (χ2v) is 10.2. The summed E-state index contributed by atoms with van der Waals surface area (Å²) < 4.78 is 5.28. The van der Waals surface area contributed by atoms with Crippen LogP contribution in [0.5, 0.6) is 0 Å². The van der Waals surface area contributed by atoms with Crippen LogP contribution in [0.3, 0.4) is 0 Å². The van der Waals surface area contributed by atoms with Gasteiger partial charge in [-0.05, 0) is 48.5 Å². The van der Waals surface area contributed by atoms with Gasteiger partial charge in [0.2, 0.25) is 0 Å². The standard InChI is InChI=1S/C25H25Cl2N3O2S2/c1-2-32-24(31)20-15-22(17-6-4-3-5-7-17)34-23(20)28-25(33)30-12-10-29(11-13-30)16-18-8-9-19(26)14-21(18)27/h3-9,14-15H,2,10-13,16H2,1H3,(H,28,33). The fourth-order valence-corrected chi connectivity index (χ4v) is 5.63. The molecule has 0 amide bonds. The van der Waals surface area contributed by atoms with Gasteiger partial charge in [0.05, 0.1) is 12.2 Å². The summed E-state index contributed by atoms with van der Waals surface area (Å²) in [5.74, 6) is -0.351. The van der Waals surface area contributed by atoms with Gasteiger partial charge in [-0.3, -0.25) is 4.90 Å². The molecule has 9 heteroatoms. The number of carbonyl (C=O) groups is 1. The van der Waals surface area contributed by atoms with E-state index in [0.29, 0.717) is 32.3 Å². The lowest BCUT2D eigenvalue weighted by Crippen LogP contribution is -2.49. The van der Waals surface area contributed by atoms with E-state index >= 15 is 0 Å². The zero-order valence-corrected chi connectivity index (χ0v) is 21.9. The van der Waals surface area contributed by atoms with Crippen molar-refractivity contribution in [2.75, 3.05) is 38.1 Å². The molecule has 0 atom stereocenters. The molecule has 1 aliphatic heterocycles. The Morgan fingerprint density at radius 2 is 1.82 bits per heavy atom. The Kier molecular flexibility index (Phi) is 8.45. The van der Waals surface area contributed by atoms with Gasteiger partial charge in [-0.1, -0.05) is 59.6 Å². The second kappa shape index (κ2) is 11.5. The van der Waals surface area contributed by atoms with E-state index in [-0.39, 0.29) is 5.97 Å². The van der Waals surface area contributed by atoms with E-state index in [1.165, 1.54) is 11.3 Å². The summed E-state index contributed by atoms with van der Waals surface area (Å²) in [6.45, 7) is 6.15. The Hall–Kier alpha value is -2.16. The van der Waals surface area contributed by atoms with E-state index in [2.05, 4.69) is 15.1 Å². The van der Waals surface area contributed by atoms with Gasteiger partial charge in [-0.25, -0.2) is 4.79 Å². The SMILES string of the molecule is CCOC(=O)c1cc(-c2ccccc2)sc1NC(=S)N1CCN(Cc2ccc(Cl)cc2Cl)CC1. The van der Waals surface area contributed by atoms with Crippen LogP contribution in [0.2, 0.25) is 10.0 Å². The molecule has 3 aromatic rings. The number of hydrogen-bond donors (Lipinski definition) is 1. The lowest BCUT2D eigenvalue weighted by Gasteiger charge is -2.36. The lowest BCUT2D eigenvalue weighted by atomic mass is 10.1. The molecule has 1 fully saturated rings. The van der Waals surface area contributed by atoms with Crippen molar-refractivity contribution in [2.45, 2.75) is 13.5 Å². The first-order valence-corrected chi connectivity index (χ1v) is 13.0. The monoisotopic (exact) mass is 533 g/mol. The van der Waals surface area contributed by atoms with E-state index < -0.39 is 0 Å². The maximum Gasteiger partial charge on any atom is 0.341 e. The molecule has 178 valence electrons. The lowest BCUT2D eigenvalue weighted by molar-refractivity contribution is 0.0528. The zero-order chi connectivity index (χ0) is 24.1. The molecule has 0 unspecified atom stereocenters. The first kappa shape index (κ1) is 24.9. The molecule has 0 spiro atoms. The molecule has 2 heterocycles. The van der Waals surface area contributed by atoms with Crippen molar-refractivity contribution in [3.63, 3.8) is 0 Å². The van der Waals surface area contributed by atoms with Crippen molar-refractivity contribution in [3.05, 3.63) is 75.8 Å². The van der Waals surface area contributed by atoms with E-state index in [0.717, 1.165) is 48.7 Å². The Morgan fingerprint density at radius 1 is 1.09 bits per heavy atom. The number of ether oxygens (including phenoxy) is 1. The van der Waals surface area contributed by atoms with Crippen molar-refractivity contribution in [3.8, 4) is 10.4 Å². The van der Waals surface area contributed by atoms with Gasteiger partial charge in [0.15, 0.2) is 5.11 Å². The molecule has 1 N–H and O–H groups in total. The fourth-order valence-electron chi connectivity index (χ4n) is 3.77. The van der Waals surface area contributed by atoms with Crippen LogP contribution < -0.4 is 5.32 Å². The number of rotatable bonds is 6. The number of anilines is 1. The van der Waals surface area contributed by atoms with Crippen molar-refractivity contribution in [2.24, 2.45) is 0 Å². The zero-order valence-electron chi connectivity index (χ0n) is 18.7.